The Balaban J connectivity index is 2.05. The first-order chi connectivity index (χ1) is 9.35. The molecule has 0 radical (unpaired) electrons. The molecule has 1 aliphatic carbocycles. The normalized spacial score (nSPS) is 18.8. The maximum atomic E-state index is 9.75. The first-order valence-corrected chi connectivity index (χ1v) is 7.58. The van der Waals surface area contributed by atoms with Gasteiger partial charge in [-0.3, -0.25) is 0 Å². The lowest BCUT2D eigenvalue weighted by molar-refractivity contribution is 0.162. The molecule has 2 rings (SSSR count). The fourth-order valence-corrected chi connectivity index (χ4v) is 3.32. The molecule has 0 aromatic heterocycles. The second-order valence-electron chi connectivity index (χ2n) is 5.71. The molecule has 0 saturated heterocycles. The van der Waals surface area contributed by atoms with E-state index in [9.17, 15) is 5.11 Å². The first kappa shape index (κ1) is 14.4. The zero-order chi connectivity index (χ0) is 13.5. The summed E-state index contributed by atoms with van der Waals surface area (Å²) in [5.74, 6) is 2.02. The molecular formula is C17H26O2. The molecule has 1 saturated carbocycles. The molecule has 0 heterocycles. The number of hydrogen-bond acceptors (Lipinski definition) is 2. The summed E-state index contributed by atoms with van der Waals surface area (Å²) < 4.78 is 5.42. The van der Waals surface area contributed by atoms with Crippen LogP contribution >= 0.6 is 0 Å². The second kappa shape index (κ2) is 7.54. The summed E-state index contributed by atoms with van der Waals surface area (Å²) in [6.07, 6.45) is 8.87. The monoisotopic (exact) mass is 262 g/mol. The SMILES string of the molecule is COc1ccccc1CC(CO)C1CCCCCC1. The Labute approximate surface area is 116 Å². The fourth-order valence-electron chi connectivity index (χ4n) is 3.32. The predicted molar refractivity (Wildman–Crippen MR) is 78.5 cm³/mol. The Bertz CT molecular complexity index is 367. The van der Waals surface area contributed by atoms with Crippen LogP contribution in [0.4, 0.5) is 0 Å². The summed E-state index contributed by atoms with van der Waals surface area (Å²) in [5, 5.41) is 9.75. The summed E-state index contributed by atoms with van der Waals surface area (Å²) in [4.78, 5) is 0. The van der Waals surface area contributed by atoms with Gasteiger partial charge in [0.25, 0.3) is 0 Å². The van der Waals surface area contributed by atoms with Crippen molar-refractivity contribution in [1.82, 2.24) is 0 Å². The molecular weight excluding hydrogens is 236 g/mol. The molecule has 0 bridgehead atoms. The van der Waals surface area contributed by atoms with Gasteiger partial charge in [-0.25, -0.2) is 0 Å². The van der Waals surface area contributed by atoms with Crippen LogP contribution in [0.2, 0.25) is 0 Å². The van der Waals surface area contributed by atoms with E-state index in [0.717, 1.165) is 12.2 Å². The molecule has 106 valence electrons. The molecule has 1 aromatic rings. The highest BCUT2D eigenvalue weighted by Gasteiger charge is 2.23. The lowest BCUT2D eigenvalue weighted by Gasteiger charge is -2.25. The zero-order valence-electron chi connectivity index (χ0n) is 12.0. The Morgan fingerprint density at radius 2 is 1.84 bits per heavy atom. The number of rotatable bonds is 5. The van der Waals surface area contributed by atoms with Crippen molar-refractivity contribution in [3.63, 3.8) is 0 Å². The number of para-hydroxylation sites is 1. The third-order valence-corrected chi connectivity index (χ3v) is 4.48. The van der Waals surface area contributed by atoms with Crippen molar-refractivity contribution >= 4 is 0 Å². The highest BCUT2D eigenvalue weighted by atomic mass is 16.5. The van der Waals surface area contributed by atoms with E-state index >= 15 is 0 Å². The first-order valence-electron chi connectivity index (χ1n) is 7.58. The van der Waals surface area contributed by atoms with E-state index in [1.807, 2.05) is 12.1 Å². The van der Waals surface area contributed by atoms with Crippen LogP contribution in [-0.4, -0.2) is 18.8 Å². The van der Waals surface area contributed by atoms with Crippen LogP contribution in [0.15, 0.2) is 24.3 Å². The summed E-state index contributed by atoms with van der Waals surface area (Å²) in [5.41, 5.74) is 1.23. The average Bonchev–Trinajstić information content (AvgIpc) is 2.74. The van der Waals surface area contributed by atoms with Gasteiger partial charge in [0.15, 0.2) is 0 Å². The number of hydrogen-bond donors (Lipinski definition) is 1. The van der Waals surface area contributed by atoms with Gasteiger partial charge in [0.1, 0.15) is 5.75 Å². The van der Waals surface area contributed by atoms with E-state index in [2.05, 4.69) is 12.1 Å². The van der Waals surface area contributed by atoms with E-state index in [0.29, 0.717) is 18.4 Å². The third-order valence-electron chi connectivity index (χ3n) is 4.48. The van der Waals surface area contributed by atoms with Crippen molar-refractivity contribution in [2.24, 2.45) is 11.8 Å². The maximum absolute atomic E-state index is 9.75. The number of methoxy groups -OCH3 is 1. The summed E-state index contributed by atoms with van der Waals surface area (Å²) in [6, 6.07) is 8.19. The van der Waals surface area contributed by atoms with Crippen molar-refractivity contribution in [2.45, 2.75) is 44.9 Å². The van der Waals surface area contributed by atoms with E-state index in [4.69, 9.17) is 4.74 Å². The van der Waals surface area contributed by atoms with Gasteiger partial charge >= 0.3 is 0 Å². The minimum Gasteiger partial charge on any atom is -0.496 e. The average molecular weight is 262 g/mol. The van der Waals surface area contributed by atoms with Gasteiger partial charge in [-0.1, -0.05) is 56.7 Å². The van der Waals surface area contributed by atoms with Crippen molar-refractivity contribution < 1.29 is 9.84 Å². The molecule has 2 heteroatoms. The van der Waals surface area contributed by atoms with Crippen LogP contribution in [0, 0.1) is 11.8 Å². The van der Waals surface area contributed by atoms with Crippen molar-refractivity contribution in [3.8, 4) is 5.75 Å². The second-order valence-corrected chi connectivity index (χ2v) is 5.71. The van der Waals surface area contributed by atoms with E-state index in [-0.39, 0.29) is 0 Å². The number of ether oxygens (including phenoxy) is 1. The van der Waals surface area contributed by atoms with E-state index in [1.54, 1.807) is 7.11 Å². The maximum Gasteiger partial charge on any atom is 0.122 e. The van der Waals surface area contributed by atoms with Gasteiger partial charge in [0.05, 0.1) is 7.11 Å². The van der Waals surface area contributed by atoms with Gasteiger partial charge in [0, 0.05) is 6.61 Å². The lowest BCUT2D eigenvalue weighted by atomic mass is 9.82. The molecule has 1 aromatic carbocycles. The largest absolute Gasteiger partial charge is 0.496 e. The van der Waals surface area contributed by atoms with Gasteiger partial charge in [0.2, 0.25) is 0 Å². The molecule has 0 spiro atoms. The van der Waals surface area contributed by atoms with Gasteiger partial charge in [-0.15, -0.1) is 0 Å². The fraction of sp³-hybridized carbons (Fsp3) is 0.647. The highest BCUT2D eigenvalue weighted by Crippen LogP contribution is 2.32. The van der Waals surface area contributed by atoms with Crippen molar-refractivity contribution in [3.05, 3.63) is 29.8 Å². The minimum atomic E-state index is 0.294. The number of benzene rings is 1. The van der Waals surface area contributed by atoms with Gasteiger partial charge in [-0.05, 0) is 29.9 Å². The summed E-state index contributed by atoms with van der Waals surface area (Å²) in [6.45, 7) is 0.294. The molecule has 1 aliphatic rings. The summed E-state index contributed by atoms with van der Waals surface area (Å²) in [7, 11) is 1.72. The topological polar surface area (TPSA) is 29.5 Å². The predicted octanol–water partition coefficient (Wildman–Crippen LogP) is 3.82. The molecule has 1 fully saturated rings. The van der Waals surface area contributed by atoms with E-state index in [1.165, 1.54) is 44.1 Å². The summed E-state index contributed by atoms with van der Waals surface area (Å²) >= 11 is 0. The Kier molecular flexibility index (Phi) is 5.71. The van der Waals surface area contributed by atoms with Crippen molar-refractivity contribution in [1.29, 1.82) is 0 Å². The van der Waals surface area contributed by atoms with Crippen LogP contribution in [-0.2, 0) is 6.42 Å². The molecule has 19 heavy (non-hydrogen) atoms. The van der Waals surface area contributed by atoms with Gasteiger partial charge in [-0.2, -0.15) is 0 Å². The molecule has 2 nitrogen and oxygen atoms in total. The Hall–Kier alpha value is -1.02. The highest BCUT2D eigenvalue weighted by molar-refractivity contribution is 5.33. The molecule has 0 amide bonds. The zero-order valence-corrected chi connectivity index (χ0v) is 12.0. The van der Waals surface area contributed by atoms with Gasteiger partial charge < -0.3 is 9.84 Å². The lowest BCUT2D eigenvalue weighted by Crippen LogP contribution is -2.21. The van der Waals surface area contributed by atoms with Crippen LogP contribution in [0.1, 0.15) is 44.1 Å². The van der Waals surface area contributed by atoms with Crippen LogP contribution in [0.3, 0.4) is 0 Å². The van der Waals surface area contributed by atoms with Crippen LogP contribution < -0.4 is 4.74 Å². The Morgan fingerprint density at radius 3 is 2.47 bits per heavy atom. The van der Waals surface area contributed by atoms with Crippen LogP contribution in [0.25, 0.3) is 0 Å². The smallest absolute Gasteiger partial charge is 0.122 e. The Morgan fingerprint density at radius 1 is 1.16 bits per heavy atom. The molecule has 1 atom stereocenters. The van der Waals surface area contributed by atoms with Crippen molar-refractivity contribution in [2.75, 3.05) is 13.7 Å². The third kappa shape index (κ3) is 3.97. The van der Waals surface area contributed by atoms with Crippen LogP contribution in [0.5, 0.6) is 5.75 Å². The number of aliphatic hydroxyl groups is 1. The number of aliphatic hydroxyl groups excluding tert-OH is 1. The molecule has 0 aliphatic heterocycles. The standard InChI is InChI=1S/C17H26O2/c1-19-17-11-7-6-10-15(17)12-16(13-18)14-8-4-2-3-5-9-14/h6-7,10-11,14,16,18H,2-5,8-9,12-13H2,1H3. The molecule has 1 unspecified atom stereocenters. The quantitative estimate of drug-likeness (QED) is 0.817. The van der Waals surface area contributed by atoms with E-state index < -0.39 is 0 Å². The minimum absolute atomic E-state index is 0.294. The molecule has 1 N–H and O–H groups in total.